The van der Waals surface area contributed by atoms with Gasteiger partial charge in [-0.25, -0.2) is 9.79 Å². The maximum atomic E-state index is 12.3. The molecule has 8 heteroatoms. The van der Waals surface area contributed by atoms with E-state index < -0.39 is 5.97 Å². The Hall–Kier alpha value is -3.40. The SMILES string of the molecule is CCNc1ccc2c(-c3ccc(NC(=O)CI)cc3C(=O)O)c3ccc(=[NH+]CC)cc-3oc2c1. The first-order valence-corrected chi connectivity index (χ1v) is 12.5. The van der Waals surface area contributed by atoms with E-state index in [1.165, 1.54) is 6.07 Å². The standard InChI is InChI=1S/C26H24IN3O4/c1-3-28-15-5-9-19-22(12-15)34-23-13-16(29-4-2)6-10-20(23)25(19)18-8-7-17(30-24(31)14-27)11-21(18)26(32)33/h5-13,28H,3-4,14H2,1-2H3,(H,30,31)(H,32,33)/p+1. The van der Waals surface area contributed by atoms with Crippen LogP contribution in [0.15, 0.2) is 59.0 Å². The Labute approximate surface area is 210 Å². The van der Waals surface area contributed by atoms with Gasteiger partial charge in [-0.05, 0) is 49.7 Å². The molecule has 0 unspecified atom stereocenters. The number of halogens is 1. The van der Waals surface area contributed by atoms with Gasteiger partial charge in [-0.1, -0.05) is 28.7 Å². The fraction of sp³-hybridized carbons (Fsp3) is 0.192. The number of nitrogens with one attached hydrogen (secondary N) is 3. The highest BCUT2D eigenvalue weighted by atomic mass is 127. The van der Waals surface area contributed by atoms with E-state index in [0.29, 0.717) is 22.6 Å². The molecule has 0 fully saturated rings. The molecular weight excluding hydrogens is 545 g/mol. The van der Waals surface area contributed by atoms with E-state index in [2.05, 4.69) is 15.6 Å². The molecule has 1 heterocycles. The van der Waals surface area contributed by atoms with Crippen molar-refractivity contribution in [2.24, 2.45) is 0 Å². The second-order valence-electron chi connectivity index (χ2n) is 7.71. The van der Waals surface area contributed by atoms with Gasteiger partial charge in [0.2, 0.25) is 11.3 Å². The maximum absolute atomic E-state index is 12.3. The molecule has 2 aromatic rings. The highest BCUT2D eigenvalue weighted by Crippen LogP contribution is 2.42. The summed E-state index contributed by atoms with van der Waals surface area (Å²) >= 11 is 1.96. The Morgan fingerprint density at radius 1 is 1.00 bits per heavy atom. The molecule has 2 aromatic carbocycles. The lowest BCUT2D eigenvalue weighted by Crippen LogP contribution is -2.75. The third-order valence-corrected chi connectivity index (χ3v) is 6.10. The van der Waals surface area contributed by atoms with Gasteiger partial charge in [-0.3, -0.25) is 4.79 Å². The summed E-state index contributed by atoms with van der Waals surface area (Å²) in [6.07, 6.45) is 0. The van der Waals surface area contributed by atoms with Gasteiger partial charge in [0.1, 0.15) is 17.9 Å². The Morgan fingerprint density at radius 2 is 1.76 bits per heavy atom. The zero-order chi connectivity index (χ0) is 24.2. The topological polar surface area (TPSA) is 106 Å². The molecule has 1 amide bonds. The maximum Gasteiger partial charge on any atom is 0.336 e. The predicted molar refractivity (Wildman–Crippen MR) is 142 cm³/mol. The van der Waals surface area contributed by atoms with E-state index in [1.54, 1.807) is 12.1 Å². The van der Waals surface area contributed by atoms with E-state index in [0.717, 1.165) is 40.6 Å². The van der Waals surface area contributed by atoms with Crippen LogP contribution in [0.2, 0.25) is 0 Å². The van der Waals surface area contributed by atoms with Crippen LogP contribution in [0.3, 0.4) is 0 Å². The van der Waals surface area contributed by atoms with Crippen LogP contribution in [0.4, 0.5) is 11.4 Å². The number of benzene rings is 3. The third kappa shape index (κ3) is 4.77. The number of fused-ring (bicyclic) bond motifs is 2. The number of carboxylic acid groups (broad SMARTS) is 1. The van der Waals surface area contributed by atoms with Crippen molar-refractivity contribution in [2.45, 2.75) is 13.8 Å². The number of hydrogen-bond donors (Lipinski definition) is 4. The number of alkyl halides is 1. The monoisotopic (exact) mass is 570 g/mol. The number of aromatic carboxylic acids is 1. The van der Waals surface area contributed by atoms with Crippen molar-refractivity contribution >= 4 is 56.8 Å². The smallest absolute Gasteiger partial charge is 0.336 e. The molecule has 1 aliphatic heterocycles. The van der Waals surface area contributed by atoms with Crippen LogP contribution in [0, 0.1) is 0 Å². The molecule has 4 rings (SSSR count). The molecule has 7 nitrogen and oxygen atoms in total. The first-order chi connectivity index (χ1) is 16.4. The lowest BCUT2D eigenvalue weighted by molar-refractivity contribution is -0.496. The van der Waals surface area contributed by atoms with E-state index in [4.69, 9.17) is 4.42 Å². The van der Waals surface area contributed by atoms with Crippen molar-refractivity contribution in [1.29, 1.82) is 0 Å². The number of amides is 1. The fourth-order valence-corrected chi connectivity index (χ4v) is 4.21. The van der Waals surface area contributed by atoms with Crippen LogP contribution in [0.25, 0.3) is 33.4 Å². The number of carboxylic acids is 1. The first kappa shape index (κ1) is 23.7. The van der Waals surface area contributed by atoms with E-state index in [-0.39, 0.29) is 15.9 Å². The highest BCUT2D eigenvalue weighted by molar-refractivity contribution is 14.1. The van der Waals surface area contributed by atoms with Crippen LogP contribution >= 0.6 is 22.6 Å². The summed E-state index contributed by atoms with van der Waals surface area (Å²) in [5, 5.41) is 17.8. The van der Waals surface area contributed by atoms with Gasteiger partial charge in [0.15, 0.2) is 0 Å². The molecule has 0 bridgehead atoms. The Morgan fingerprint density at radius 3 is 2.47 bits per heavy atom. The zero-order valence-corrected chi connectivity index (χ0v) is 21.0. The average Bonchev–Trinajstić information content (AvgIpc) is 2.83. The van der Waals surface area contributed by atoms with Crippen molar-refractivity contribution in [3.63, 3.8) is 0 Å². The minimum absolute atomic E-state index is 0.103. The lowest BCUT2D eigenvalue weighted by atomic mass is 9.90. The molecule has 2 aliphatic rings. The molecule has 1 aliphatic carbocycles. The number of hydrogen-bond acceptors (Lipinski definition) is 4. The molecule has 0 aromatic heterocycles. The van der Waals surface area contributed by atoms with Crippen LogP contribution < -0.4 is 21.0 Å². The van der Waals surface area contributed by atoms with E-state index >= 15 is 0 Å². The predicted octanol–water partition coefficient (Wildman–Crippen LogP) is 3.71. The van der Waals surface area contributed by atoms with Crippen molar-refractivity contribution in [3.05, 3.63) is 65.5 Å². The van der Waals surface area contributed by atoms with Gasteiger partial charge in [-0.2, -0.15) is 0 Å². The summed E-state index contributed by atoms with van der Waals surface area (Å²) < 4.78 is 6.57. The second-order valence-corrected chi connectivity index (χ2v) is 8.47. The van der Waals surface area contributed by atoms with Crippen molar-refractivity contribution < 1.29 is 24.1 Å². The van der Waals surface area contributed by atoms with Crippen LogP contribution in [-0.2, 0) is 4.79 Å². The van der Waals surface area contributed by atoms with Gasteiger partial charge in [0.05, 0.1) is 16.1 Å². The van der Waals surface area contributed by atoms with Crippen molar-refractivity contribution in [1.82, 2.24) is 0 Å². The first-order valence-electron chi connectivity index (χ1n) is 11.0. The van der Waals surface area contributed by atoms with E-state index in [1.807, 2.05) is 72.8 Å². The van der Waals surface area contributed by atoms with Crippen LogP contribution in [0.1, 0.15) is 24.2 Å². The largest absolute Gasteiger partial charge is 0.478 e. The molecule has 0 saturated heterocycles. The highest BCUT2D eigenvalue weighted by Gasteiger charge is 2.22. The molecule has 0 spiro atoms. The summed E-state index contributed by atoms with van der Waals surface area (Å²) in [6.45, 7) is 5.58. The van der Waals surface area contributed by atoms with E-state index in [9.17, 15) is 14.7 Å². The molecular formula is C26H25IN3O4+. The summed E-state index contributed by atoms with van der Waals surface area (Å²) in [7, 11) is 0. The second kappa shape index (κ2) is 10.3. The fourth-order valence-electron chi connectivity index (χ4n) is 4.02. The quantitative estimate of drug-likeness (QED) is 0.154. The average molecular weight is 570 g/mol. The van der Waals surface area contributed by atoms with Gasteiger partial charge in [-0.15, -0.1) is 0 Å². The summed E-state index contributed by atoms with van der Waals surface area (Å²) in [6, 6.07) is 16.6. The Balaban J connectivity index is 2.04. The van der Waals surface area contributed by atoms with Crippen molar-refractivity contribution in [3.8, 4) is 22.5 Å². The summed E-state index contributed by atoms with van der Waals surface area (Å²) in [5.74, 6) is -0.615. The number of carbonyl (C=O) groups excluding carboxylic acids is 1. The normalized spacial score (nSPS) is 11.7. The molecule has 0 radical (unpaired) electrons. The Bertz CT molecular complexity index is 1430. The molecule has 4 N–H and O–H groups in total. The van der Waals surface area contributed by atoms with Gasteiger partial charge in [0.25, 0.3) is 0 Å². The van der Waals surface area contributed by atoms with Crippen LogP contribution in [-0.4, -0.2) is 34.5 Å². The number of carbonyl (C=O) groups is 2. The molecule has 174 valence electrons. The van der Waals surface area contributed by atoms with Crippen LogP contribution in [0.5, 0.6) is 0 Å². The summed E-state index contributed by atoms with van der Waals surface area (Å²) in [5.41, 5.74) is 4.24. The minimum Gasteiger partial charge on any atom is -0.478 e. The molecule has 0 saturated carbocycles. The zero-order valence-electron chi connectivity index (χ0n) is 18.9. The molecule has 34 heavy (non-hydrogen) atoms. The van der Waals surface area contributed by atoms with Gasteiger partial charge in [0, 0.05) is 46.6 Å². The summed E-state index contributed by atoms with van der Waals surface area (Å²) in [4.78, 5) is 27.4. The third-order valence-electron chi connectivity index (χ3n) is 5.41. The molecule has 0 atom stereocenters. The lowest BCUT2D eigenvalue weighted by Gasteiger charge is -2.18. The van der Waals surface area contributed by atoms with Gasteiger partial charge < -0.3 is 20.2 Å². The van der Waals surface area contributed by atoms with Crippen molar-refractivity contribution in [2.75, 3.05) is 28.2 Å². The number of anilines is 2. The number of rotatable bonds is 7. The van der Waals surface area contributed by atoms with Gasteiger partial charge >= 0.3 is 5.97 Å². The Kier molecular flexibility index (Phi) is 7.16. The minimum atomic E-state index is -1.07.